The number of morpholine rings is 1. The second kappa shape index (κ2) is 14.6. The Labute approximate surface area is 248 Å². The number of halogens is 2. The molecule has 1 saturated heterocycles. The van der Waals surface area contributed by atoms with Crippen molar-refractivity contribution in [3.8, 4) is 11.1 Å². The first-order valence-corrected chi connectivity index (χ1v) is 14.6. The first-order chi connectivity index (χ1) is 19.8. The molecule has 7 nitrogen and oxygen atoms in total. The number of rotatable bonds is 12. The molecule has 218 valence electrons. The molecule has 3 aromatic rings. The summed E-state index contributed by atoms with van der Waals surface area (Å²) in [5.74, 6) is -1.34. The van der Waals surface area contributed by atoms with Gasteiger partial charge in [0, 0.05) is 29.7 Å². The number of carbonyl (C=O) groups is 2. The van der Waals surface area contributed by atoms with Crippen LogP contribution in [0.2, 0.25) is 0 Å². The Morgan fingerprint density at radius 1 is 0.951 bits per heavy atom. The molecule has 0 radical (unpaired) electrons. The van der Waals surface area contributed by atoms with E-state index in [1.165, 1.54) is 6.92 Å². The molecule has 0 amide bonds. The Bertz CT molecular complexity index is 1310. The third kappa shape index (κ3) is 8.38. The lowest BCUT2D eigenvalue weighted by atomic mass is 9.95. The molecule has 41 heavy (non-hydrogen) atoms. The van der Waals surface area contributed by atoms with E-state index >= 15 is 4.39 Å². The van der Waals surface area contributed by atoms with Gasteiger partial charge in [-0.25, -0.2) is 14.0 Å². The number of unbranched alkanes of at least 4 members (excludes halogenated alkanes) is 2. The number of esters is 2. The molecule has 0 bridgehead atoms. The normalized spacial score (nSPS) is 15.2. The van der Waals surface area contributed by atoms with Crippen LogP contribution in [0.3, 0.4) is 0 Å². The SMILES string of the molecule is CC(F)(C(=O)OCCCCCOC(=O)c1cc(Br)c(N)c(CN2CCOCC2)c1)c1ccc(-c2ccccc2)cc1. The third-order valence-electron chi connectivity index (χ3n) is 7.12. The number of alkyl halides is 1. The number of nitrogens with two attached hydrogens (primary N) is 1. The van der Waals surface area contributed by atoms with Crippen molar-refractivity contribution in [1.82, 2.24) is 4.90 Å². The predicted molar refractivity (Wildman–Crippen MR) is 160 cm³/mol. The number of hydrogen-bond acceptors (Lipinski definition) is 7. The average Bonchev–Trinajstić information content (AvgIpc) is 2.99. The van der Waals surface area contributed by atoms with Crippen LogP contribution >= 0.6 is 15.9 Å². The average molecular weight is 628 g/mol. The van der Waals surface area contributed by atoms with Crippen molar-refractivity contribution in [2.24, 2.45) is 0 Å². The first-order valence-electron chi connectivity index (χ1n) is 13.8. The number of nitrogen functional groups attached to an aromatic ring is 1. The topological polar surface area (TPSA) is 91.1 Å². The summed E-state index contributed by atoms with van der Waals surface area (Å²) in [6, 6.07) is 20.0. The maximum absolute atomic E-state index is 15.3. The van der Waals surface area contributed by atoms with Gasteiger partial charge in [0.1, 0.15) is 0 Å². The Morgan fingerprint density at radius 2 is 1.59 bits per heavy atom. The summed E-state index contributed by atoms with van der Waals surface area (Å²) >= 11 is 3.45. The zero-order valence-corrected chi connectivity index (χ0v) is 24.8. The highest BCUT2D eigenvalue weighted by molar-refractivity contribution is 9.10. The molecule has 0 aliphatic carbocycles. The molecule has 1 fully saturated rings. The molecule has 1 aliphatic heterocycles. The lowest BCUT2D eigenvalue weighted by Gasteiger charge is -2.27. The molecule has 1 heterocycles. The number of carbonyl (C=O) groups excluding carboxylic acids is 2. The van der Waals surface area contributed by atoms with E-state index < -0.39 is 17.6 Å². The van der Waals surface area contributed by atoms with Crippen LogP contribution in [0, 0.1) is 0 Å². The highest BCUT2D eigenvalue weighted by Gasteiger charge is 2.36. The van der Waals surface area contributed by atoms with Crippen LogP contribution in [0.15, 0.2) is 71.2 Å². The molecule has 4 rings (SSSR count). The van der Waals surface area contributed by atoms with Gasteiger partial charge in [-0.2, -0.15) is 0 Å². The number of nitrogens with zero attached hydrogens (tertiary/aromatic N) is 1. The van der Waals surface area contributed by atoms with Gasteiger partial charge in [-0.1, -0.05) is 54.6 Å². The van der Waals surface area contributed by atoms with Crippen LogP contribution in [0.5, 0.6) is 0 Å². The summed E-state index contributed by atoms with van der Waals surface area (Å²) in [6.07, 6.45) is 1.78. The van der Waals surface area contributed by atoms with Crippen molar-refractivity contribution in [1.29, 1.82) is 0 Å². The fourth-order valence-electron chi connectivity index (χ4n) is 4.58. The zero-order chi connectivity index (χ0) is 29.2. The summed E-state index contributed by atoms with van der Waals surface area (Å²) in [5, 5.41) is 0. The smallest absolute Gasteiger partial charge is 0.348 e. The summed E-state index contributed by atoms with van der Waals surface area (Å²) in [6.45, 7) is 5.14. The molecular formula is C32H36BrFN2O5. The van der Waals surface area contributed by atoms with Crippen LogP contribution in [0.1, 0.15) is 47.7 Å². The van der Waals surface area contributed by atoms with Gasteiger partial charge >= 0.3 is 11.9 Å². The van der Waals surface area contributed by atoms with E-state index in [0.29, 0.717) is 54.7 Å². The van der Waals surface area contributed by atoms with Crippen molar-refractivity contribution >= 4 is 33.6 Å². The van der Waals surface area contributed by atoms with Gasteiger partial charge < -0.3 is 19.9 Å². The van der Waals surface area contributed by atoms with Gasteiger partial charge in [-0.3, -0.25) is 4.90 Å². The van der Waals surface area contributed by atoms with E-state index in [2.05, 4.69) is 20.8 Å². The second-order valence-electron chi connectivity index (χ2n) is 10.2. The fraction of sp³-hybridized carbons (Fsp3) is 0.375. The highest BCUT2D eigenvalue weighted by atomic mass is 79.9. The molecule has 0 spiro atoms. The van der Waals surface area contributed by atoms with E-state index in [-0.39, 0.29) is 18.8 Å². The molecule has 9 heteroatoms. The van der Waals surface area contributed by atoms with Crippen LogP contribution in [-0.2, 0) is 31.2 Å². The molecule has 0 saturated carbocycles. The number of benzene rings is 3. The lowest BCUT2D eigenvalue weighted by Crippen LogP contribution is -2.35. The van der Waals surface area contributed by atoms with Crippen LogP contribution in [0.4, 0.5) is 10.1 Å². The Balaban J connectivity index is 1.17. The largest absolute Gasteiger partial charge is 0.463 e. The van der Waals surface area contributed by atoms with Gasteiger partial charge in [0.25, 0.3) is 0 Å². The Morgan fingerprint density at radius 3 is 2.27 bits per heavy atom. The van der Waals surface area contributed by atoms with Crippen LogP contribution in [-0.4, -0.2) is 56.4 Å². The van der Waals surface area contributed by atoms with Crippen LogP contribution < -0.4 is 5.73 Å². The summed E-state index contributed by atoms with van der Waals surface area (Å²) in [4.78, 5) is 27.4. The molecular weight excluding hydrogens is 591 g/mol. The van der Waals surface area contributed by atoms with E-state index in [1.54, 1.807) is 36.4 Å². The molecule has 1 atom stereocenters. The minimum Gasteiger partial charge on any atom is -0.463 e. The van der Waals surface area contributed by atoms with Crippen molar-refractivity contribution in [3.05, 3.63) is 87.9 Å². The molecule has 3 aromatic carbocycles. The fourth-order valence-corrected chi connectivity index (χ4v) is 5.08. The van der Waals surface area contributed by atoms with E-state index in [9.17, 15) is 9.59 Å². The zero-order valence-electron chi connectivity index (χ0n) is 23.2. The molecule has 0 aromatic heterocycles. The third-order valence-corrected chi connectivity index (χ3v) is 7.78. The highest BCUT2D eigenvalue weighted by Crippen LogP contribution is 2.30. The van der Waals surface area contributed by atoms with Crippen molar-refractivity contribution in [3.63, 3.8) is 0 Å². The van der Waals surface area contributed by atoms with Gasteiger partial charge in [0.15, 0.2) is 0 Å². The van der Waals surface area contributed by atoms with E-state index in [1.807, 2.05) is 30.3 Å². The van der Waals surface area contributed by atoms with Gasteiger partial charge in [-0.15, -0.1) is 0 Å². The number of ether oxygens (including phenoxy) is 3. The van der Waals surface area contributed by atoms with E-state index in [4.69, 9.17) is 19.9 Å². The van der Waals surface area contributed by atoms with Crippen molar-refractivity contribution < 1.29 is 28.2 Å². The monoisotopic (exact) mass is 626 g/mol. The minimum absolute atomic E-state index is 0.0875. The quantitative estimate of drug-likeness (QED) is 0.144. The molecule has 1 aliphatic rings. The number of anilines is 1. The maximum Gasteiger partial charge on any atom is 0.348 e. The second-order valence-corrected chi connectivity index (χ2v) is 11.1. The Hall–Kier alpha value is -3.27. The number of hydrogen-bond donors (Lipinski definition) is 1. The van der Waals surface area contributed by atoms with Crippen molar-refractivity contribution in [2.45, 2.75) is 38.4 Å². The van der Waals surface area contributed by atoms with Crippen LogP contribution in [0.25, 0.3) is 11.1 Å². The summed E-state index contributed by atoms with van der Waals surface area (Å²) in [5.41, 5.74) is 8.09. The molecule has 1 unspecified atom stereocenters. The predicted octanol–water partition coefficient (Wildman–Crippen LogP) is 6.29. The minimum atomic E-state index is -2.25. The standard InChI is InChI=1S/C32H36BrFN2O5/c1-32(34,27-12-10-24(11-13-27)23-8-4-2-5-9-23)31(38)41-17-7-3-6-16-40-30(37)25-20-26(29(35)28(33)21-25)22-36-14-18-39-19-15-36/h2,4-5,8-13,20-21H,3,6-7,14-19,22,35H2,1H3. The summed E-state index contributed by atoms with van der Waals surface area (Å²) in [7, 11) is 0. The van der Waals surface area contributed by atoms with Crippen molar-refractivity contribution in [2.75, 3.05) is 45.3 Å². The van der Waals surface area contributed by atoms with Gasteiger partial charge in [0.2, 0.25) is 5.67 Å². The first kappa shape index (κ1) is 30.7. The Kier molecular flexibility index (Phi) is 10.9. The lowest BCUT2D eigenvalue weighted by molar-refractivity contribution is -0.157. The summed E-state index contributed by atoms with van der Waals surface area (Å²) < 4.78 is 32.0. The van der Waals surface area contributed by atoms with E-state index in [0.717, 1.165) is 29.8 Å². The molecule has 2 N–H and O–H groups in total. The maximum atomic E-state index is 15.3. The van der Waals surface area contributed by atoms with Gasteiger partial charge in [0.05, 0.1) is 37.7 Å². The van der Waals surface area contributed by atoms with Gasteiger partial charge in [-0.05, 0) is 70.9 Å².